The highest BCUT2D eigenvalue weighted by atomic mass is 16.7. The molecule has 0 N–H and O–H groups in total. The molecule has 2 aromatic carbocycles. The van der Waals surface area contributed by atoms with Crippen molar-refractivity contribution in [3.8, 4) is 0 Å². The van der Waals surface area contributed by atoms with Crippen LogP contribution in [0.4, 0.5) is 0 Å². The Hall–Kier alpha value is -3.01. The summed E-state index contributed by atoms with van der Waals surface area (Å²) in [5, 5.41) is 3.67. The van der Waals surface area contributed by atoms with Crippen molar-refractivity contribution in [3.63, 3.8) is 0 Å². The molecular weight excluding hydrogens is 266 g/mol. The number of Topliss-reactive ketones (excluding diaryl/α,β-unsaturated/α-hetero) is 1. The maximum absolute atomic E-state index is 12.2. The van der Waals surface area contributed by atoms with Gasteiger partial charge in [-0.15, -0.1) is 0 Å². The van der Waals surface area contributed by atoms with E-state index < -0.39 is 5.97 Å². The number of hydrogen-bond donors (Lipinski definition) is 0. The van der Waals surface area contributed by atoms with Crippen LogP contribution >= 0.6 is 0 Å². The van der Waals surface area contributed by atoms with Gasteiger partial charge < -0.3 is 4.84 Å². The van der Waals surface area contributed by atoms with Gasteiger partial charge in [-0.3, -0.25) is 4.79 Å². The second-order valence-electron chi connectivity index (χ2n) is 4.47. The zero-order valence-corrected chi connectivity index (χ0v) is 11.0. The molecule has 0 aromatic heterocycles. The number of carbonyl (C=O) groups excluding carboxylic acids is 2. The van der Waals surface area contributed by atoms with Gasteiger partial charge in [-0.25, -0.2) is 4.79 Å². The first-order chi connectivity index (χ1) is 10.3. The molecule has 3 rings (SSSR count). The summed E-state index contributed by atoms with van der Waals surface area (Å²) in [5.74, 6) is -0.850. The molecule has 0 aliphatic heterocycles. The summed E-state index contributed by atoms with van der Waals surface area (Å²) >= 11 is 0. The fourth-order valence-electron chi connectivity index (χ4n) is 2.02. The van der Waals surface area contributed by atoms with Crippen molar-refractivity contribution in [1.82, 2.24) is 0 Å². The van der Waals surface area contributed by atoms with Gasteiger partial charge in [0.15, 0.2) is 5.71 Å². The lowest BCUT2D eigenvalue weighted by molar-refractivity contribution is 0.0516. The third kappa shape index (κ3) is 2.65. The molecule has 0 bridgehead atoms. The zero-order chi connectivity index (χ0) is 14.7. The Kier molecular flexibility index (Phi) is 3.43. The van der Waals surface area contributed by atoms with Gasteiger partial charge >= 0.3 is 5.97 Å². The number of nitrogens with zero attached hydrogens (tertiary/aromatic N) is 1. The number of oxime groups is 1. The van der Waals surface area contributed by atoms with Crippen molar-refractivity contribution in [1.29, 1.82) is 0 Å². The molecule has 0 fully saturated rings. The van der Waals surface area contributed by atoms with E-state index in [0.29, 0.717) is 11.1 Å². The van der Waals surface area contributed by atoms with Crippen LogP contribution in [-0.4, -0.2) is 17.5 Å². The summed E-state index contributed by atoms with van der Waals surface area (Å²) in [5.41, 5.74) is 1.87. The van der Waals surface area contributed by atoms with Crippen molar-refractivity contribution >= 4 is 23.5 Å². The molecule has 0 heterocycles. The maximum atomic E-state index is 12.2. The Balaban J connectivity index is 1.80. The van der Waals surface area contributed by atoms with E-state index in [1.54, 1.807) is 54.6 Å². The summed E-state index contributed by atoms with van der Waals surface area (Å²) in [6.45, 7) is 0. The second kappa shape index (κ2) is 5.54. The van der Waals surface area contributed by atoms with E-state index >= 15 is 0 Å². The molecule has 0 amide bonds. The third-order valence-corrected chi connectivity index (χ3v) is 3.10. The average Bonchev–Trinajstić information content (AvgIpc) is 2.55. The predicted octanol–water partition coefficient (Wildman–Crippen LogP) is 3.11. The number of rotatable bonds is 2. The van der Waals surface area contributed by atoms with Crippen LogP contribution in [0.5, 0.6) is 0 Å². The number of carbonyl (C=O) groups is 2. The zero-order valence-electron chi connectivity index (χ0n) is 11.0. The van der Waals surface area contributed by atoms with Gasteiger partial charge in [0.2, 0.25) is 5.78 Å². The third-order valence-electron chi connectivity index (χ3n) is 3.10. The molecule has 0 saturated carbocycles. The highest BCUT2D eigenvalue weighted by molar-refractivity contribution is 6.52. The highest BCUT2D eigenvalue weighted by Crippen LogP contribution is 2.17. The van der Waals surface area contributed by atoms with Gasteiger partial charge in [-0.2, -0.15) is 0 Å². The normalized spacial score (nSPS) is 14.9. The van der Waals surface area contributed by atoms with E-state index in [1.807, 2.05) is 12.1 Å². The molecule has 0 saturated heterocycles. The Morgan fingerprint density at radius 3 is 2.43 bits per heavy atom. The minimum Gasteiger partial charge on any atom is -0.312 e. The monoisotopic (exact) mass is 277 g/mol. The van der Waals surface area contributed by atoms with Crippen LogP contribution in [0.25, 0.3) is 6.08 Å². The first kappa shape index (κ1) is 13.0. The van der Waals surface area contributed by atoms with Crippen molar-refractivity contribution in [2.24, 2.45) is 5.16 Å². The van der Waals surface area contributed by atoms with E-state index in [1.165, 1.54) is 0 Å². The van der Waals surface area contributed by atoms with Crippen LogP contribution in [-0.2, 0) is 4.84 Å². The first-order valence-electron chi connectivity index (χ1n) is 6.42. The molecule has 1 aliphatic carbocycles. The fraction of sp³-hybridized carbons (Fsp3) is 0. The second-order valence-corrected chi connectivity index (χ2v) is 4.47. The van der Waals surface area contributed by atoms with E-state index in [4.69, 9.17) is 4.84 Å². The maximum Gasteiger partial charge on any atom is 0.365 e. The number of hydrogen-bond acceptors (Lipinski definition) is 4. The quantitative estimate of drug-likeness (QED) is 0.626. The Morgan fingerprint density at radius 1 is 0.905 bits per heavy atom. The molecule has 0 atom stereocenters. The molecule has 0 spiro atoms. The summed E-state index contributed by atoms with van der Waals surface area (Å²) < 4.78 is 0. The smallest absolute Gasteiger partial charge is 0.312 e. The van der Waals surface area contributed by atoms with E-state index in [2.05, 4.69) is 5.16 Å². The van der Waals surface area contributed by atoms with E-state index in [-0.39, 0.29) is 11.5 Å². The Morgan fingerprint density at radius 2 is 1.62 bits per heavy atom. The molecular formula is C17H11NO3. The SMILES string of the molecule is O=C(ON=C1C=Cc2ccccc2C1=O)c1ccccc1. The van der Waals surface area contributed by atoms with Crippen LogP contribution in [0.3, 0.4) is 0 Å². The van der Waals surface area contributed by atoms with Gasteiger partial charge in [-0.05, 0) is 23.8 Å². The highest BCUT2D eigenvalue weighted by Gasteiger charge is 2.19. The Bertz CT molecular complexity index is 761. The van der Waals surface area contributed by atoms with E-state index in [0.717, 1.165) is 5.56 Å². The van der Waals surface area contributed by atoms with Crippen molar-refractivity contribution in [2.75, 3.05) is 0 Å². The van der Waals surface area contributed by atoms with Crippen LogP contribution in [0.1, 0.15) is 26.3 Å². The van der Waals surface area contributed by atoms with Crippen LogP contribution in [0, 0.1) is 0 Å². The fourth-order valence-corrected chi connectivity index (χ4v) is 2.02. The summed E-state index contributed by atoms with van der Waals surface area (Å²) in [6.07, 6.45) is 3.31. The molecule has 4 nitrogen and oxygen atoms in total. The summed E-state index contributed by atoms with van der Waals surface area (Å²) in [4.78, 5) is 28.8. The standard InChI is InChI=1S/C17H11NO3/c19-16-14-9-5-4-6-12(14)10-11-15(16)18-21-17(20)13-7-2-1-3-8-13/h1-11H. The van der Waals surface area contributed by atoms with E-state index in [9.17, 15) is 9.59 Å². The summed E-state index contributed by atoms with van der Waals surface area (Å²) in [6, 6.07) is 15.7. The molecule has 2 aromatic rings. The van der Waals surface area contributed by atoms with Gasteiger partial charge in [0.1, 0.15) is 0 Å². The number of ketones is 1. The minimum atomic E-state index is -0.594. The lowest BCUT2D eigenvalue weighted by Gasteiger charge is -2.09. The summed E-state index contributed by atoms with van der Waals surface area (Å²) in [7, 11) is 0. The average molecular weight is 277 g/mol. The van der Waals surface area contributed by atoms with Crippen molar-refractivity contribution < 1.29 is 14.4 Å². The lowest BCUT2D eigenvalue weighted by Crippen LogP contribution is -2.17. The van der Waals surface area contributed by atoms with Crippen LogP contribution < -0.4 is 0 Å². The van der Waals surface area contributed by atoms with Crippen LogP contribution in [0.15, 0.2) is 65.8 Å². The van der Waals surface area contributed by atoms with Crippen molar-refractivity contribution in [3.05, 3.63) is 77.4 Å². The van der Waals surface area contributed by atoms with Gasteiger partial charge in [0, 0.05) is 5.56 Å². The molecule has 102 valence electrons. The van der Waals surface area contributed by atoms with Gasteiger partial charge in [0.05, 0.1) is 5.56 Å². The van der Waals surface area contributed by atoms with Gasteiger partial charge in [0.25, 0.3) is 0 Å². The molecule has 0 radical (unpaired) electrons. The van der Waals surface area contributed by atoms with Gasteiger partial charge in [-0.1, -0.05) is 53.7 Å². The number of allylic oxidation sites excluding steroid dienone is 1. The topological polar surface area (TPSA) is 55.7 Å². The number of fused-ring (bicyclic) bond motifs is 1. The molecule has 4 heteroatoms. The number of benzene rings is 2. The molecule has 0 unspecified atom stereocenters. The molecule has 1 aliphatic rings. The van der Waals surface area contributed by atoms with Crippen LogP contribution in [0.2, 0.25) is 0 Å². The van der Waals surface area contributed by atoms with Crippen molar-refractivity contribution in [2.45, 2.75) is 0 Å². The lowest BCUT2D eigenvalue weighted by atomic mass is 9.95. The Labute approximate surface area is 121 Å². The minimum absolute atomic E-state index is 0.109. The largest absolute Gasteiger partial charge is 0.365 e. The predicted molar refractivity (Wildman–Crippen MR) is 79.1 cm³/mol. The molecule has 21 heavy (non-hydrogen) atoms. The first-order valence-corrected chi connectivity index (χ1v) is 6.42.